The van der Waals surface area contributed by atoms with Gasteiger partial charge in [0.25, 0.3) is 11.7 Å². The number of rotatable bonds is 3. The number of halogens is 1. The number of ether oxygens (including phenoxy) is 1. The molecular weight excluding hydrogens is 358 g/mol. The molecule has 2 N–H and O–H groups in total. The van der Waals surface area contributed by atoms with Crippen LogP contribution in [0.2, 0.25) is 5.02 Å². The first-order valence-electron chi connectivity index (χ1n) is 7.72. The zero-order valence-corrected chi connectivity index (χ0v) is 14.8. The highest BCUT2D eigenvalue weighted by atomic mass is 35.5. The van der Waals surface area contributed by atoms with Crippen molar-refractivity contribution in [1.82, 2.24) is 4.90 Å². The van der Waals surface area contributed by atoms with Gasteiger partial charge >= 0.3 is 0 Å². The molecule has 0 bridgehead atoms. The maximum atomic E-state index is 12.5. The van der Waals surface area contributed by atoms with E-state index in [9.17, 15) is 19.8 Å². The fraction of sp³-hybridized carbons (Fsp3) is 0.158. The molecule has 0 aromatic heterocycles. The second-order valence-corrected chi connectivity index (χ2v) is 6.28. The van der Waals surface area contributed by atoms with Crippen LogP contribution >= 0.6 is 11.6 Å². The van der Waals surface area contributed by atoms with Gasteiger partial charge in [0.2, 0.25) is 0 Å². The largest absolute Gasteiger partial charge is 0.507 e. The van der Waals surface area contributed by atoms with Gasteiger partial charge < -0.3 is 19.8 Å². The van der Waals surface area contributed by atoms with Crippen molar-refractivity contribution < 1.29 is 24.5 Å². The van der Waals surface area contributed by atoms with E-state index in [4.69, 9.17) is 16.3 Å². The van der Waals surface area contributed by atoms with Gasteiger partial charge in [-0.3, -0.25) is 9.59 Å². The lowest BCUT2D eigenvalue weighted by atomic mass is 9.95. The Morgan fingerprint density at radius 2 is 1.81 bits per heavy atom. The van der Waals surface area contributed by atoms with Crippen molar-refractivity contribution in [2.45, 2.75) is 6.04 Å². The number of likely N-dealkylation sites (N-methyl/N-ethyl adjacent to an activating group) is 1. The minimum atomic E-state index is -0.805. The van der Waals surface area contributed by atoms with Gasteiger partial charge in [0.1, 0.15) is 5.76 Å². The molecule has 1 fully saturated rings. The second-order valence-electron chi connectivity index (χ2n) is 5.85. The van der Waals surface area contributed by atoms with Crippen LogP contribution in [0.1, 0.15) is 17.2 Å². The number of aliphatic hydroxyl groups excluding tert-OH is 1. The Bertz CT molecular complexity index is 920. The number of benzene rings is 2. The summed E-state index contributed by atoms with van der Waals surface area (Å²) in [5.41, 5.74) is 0.862. The van der Waals surface area contributed by atoms with Gasteiger partial charge in [0.05, 0.1) is 18.7 Å². The molecule has 1 saturated heterocycles. The number of nitrogens with zero attached hydrogens (tertiary/aromatic N) is 1. The van der Waals surface area contributed by atoms with Gasteiger partial charge in [-0.1, -0.05) is 17.7 Å². The molecule has 6 nitrogen and oxygen atoms in total. The van der Waals surface area contributed by atoms with Crippen LogP contribution in [-0.2, 0) is 9.59 Å². The molecule has 1 atom stereocenters. The zero-order valence-electron chi connectivity index (χ0n) is 14.1. The number of Topliss-reactive ketones (excluding diaryl/α,β-unsaturated/α-hetero) is 1. The molecule has 134 valence electrons. The lowest BCUT2D eigenvalue weighted by Crippen LogP contribution is -2.24. The fourth-order valence-corrected chi connectivity index (χ4v) is 3.09. The van der Waals surface area contributed by atoms with Crippen molar-refractivity contribution in [2.75, 3.05) is 14.2 Å². The van der Waals surface area contributed by atoms with E-state index < -0.39 is 17.7 Å². The van der Waals surface area contributed by atoms with Crippen LogP contribution in [0.25, 0.3) is 5.76 Å². The summed E-state index contributed by atoms with van der Waals surface area (Å²) in [6.45, 7) is 0. The van der Waals surface area contributed by atoms with E-state index in [2.05, 4.69) is 0 Å². The van der Waals surface area contributed by atoms with Gasteiger partial charge in [0, 0.05) is 17.6 Å². The summed E-state index contributed by atoms with van der Waals surface area (Å²) in [6.07, 6.45) is 0. The average Bonchev–Trinajstić information content (AvgIpc) is 2.86. The Morgan fingerprint density at radius 1 is 1.15 bits per heavy atom. The SMILES string of the molecule is COc1cc([C@@H]2C(=C(O)c3ccc(Cl)cc3)C(=O)C(=O)N2C)ccc1O. The number of carbonyl (C=O) groups excluding carboxylic acids is 2. The number of aliphatic hydroxyl groups is 1. The van der Waals surface area contributed by atoms with Gasteiger partial charge in [-0.15, -0.1) is 0 Å². The molecule has 7 heteroatoms. The first-order chi connectivity index (χ1) is 12.3. The molecule has 3 rings (SSSR count). The maximum Gasteiger partial charge on any atom is 0.295 e. The molecule has 1 aliphatic heterocycles. The minimum absolute atomic E-state index is 0.0347. The first-order valence-corrected chi connectivity index (χ1v) is 8.10. The third kappa shape index (κ3) is 2.88. The summed E-state index contributed by atoms with van der Waals surface area (Å²) in [5, 5.41) is 21.0. The van der Waals surface area contributed by atoms with Crippen LogP contribution in [0.15, 0.2) is 48.0 Å². The van der Waals surface area contributed by atoms with Crippen molar-refractivity contribution >= 4 is 29.1 Å². The quantitative estimate of drug-likeness (QED) is 0.490. The van der Waals surface area contributed by atoms with Gasteiger partial charge in [-0.2, -0.15) is 0 Å². The minimum Gasteiger partial charge on any atom is -0.507 e. The number of ketones is 1. The van der Waals surface area contributed by atoms with Crippen LogP contribution < -0.4 is 4.74 Å². The average molecular weight is 374 g/mol. The zero-order chi connectivity index (χ0) is 19.0. The molecule has 1 heterocycles. The standard InChI is InChI=1S/C19H16ClNO5/c1-21-16(11-5-8-13(22)14(9-11)26-2)15(18(24)19(21)25)17(23)10-3-6-12(20)7-4-10/h3-9,16,22-23H,1-2H3/t16-/m1/s1. The van der Waals surface area contributed by atoms with Gasteiger partial charge in [0.15, 0.2) is 11.5 Å². The van der Waals surface area contributed by atoms with Crippen molar-refractivity contribution in [3.8, 4) is 11.5 Å². The number of hydrogen-bond acceptors (Lipinski definition) is 5. The van der Waals surface area contributed by atoms with Gasteiger partial charge in [-0.25, -0.2) is 0 Å². The Balaban J connectivity index is 2.18. The van der Waals surface area contributed by atoms with Crippen LogP contribution in [-0.4, -0.2) is 41.0 Å². The topological polar surface area (TPSA) is 87.1 Å². The van der Waals surface area contributed by atoms with Crippen LogP contribution in [0, 0.1) is 0 Å². The highest BCUT2D eigenvalue weighted by Crippen LogP contribution is 2.40. The summed E-state index contributed by atoms with van der Waals surface area (Å²) >= 11 is 5.86. The summed E-state index contributed by atoms with van der Waals surface area (Å²) in [4.78, 5) is 26.0. The molecule has 0 aliphatic carbocycles. The Labute approximate surface area is 154 Å². The second kappa shape index (κ2) is 6.72. The fourth-order valence-electron chi connectivity index (χ4n) is 2.97. The van der Waals surface area contributed by atoms with Crippen molar-refractivity contribution in [1.29, 1.82) is 0 Å². The Morgan fingerprint density at radius 3 is 2.42 bits per heavy atom. The third-order valence-corrected chi connectivity index (χ3v) is 4.56. The summed E-state index contributed by atoms with van der Waals surface area (Å²) in [5.74, 6) is -1.66. The van der Waals surface area contributed by atoms with Gasteiger partial charge in [-0.05, 0) is 42.0 Å². The highest BCUT2D eigenvalue weighted by Gasteiger charge is 2.44. The lowest BCUT2D eigenvalue weighted by Gasteiger charge is -2.21. The van der Waals surface area contributed by atoms with E-state index >= 15 is 0 Å². The number of carbonyl (C=O) groups is 2. The summed E-state index contributed by atoms with van der Waals surface area (Å²) in [7, 11) is 2.88. The van der Waals surface area contributed by atoms with Crippen LogP contribution in [0.3, 0.4) is 0 Å². The Hall–Kier alpha value is -2.99. The van der Waals surface area contributed by atoms with E-state index in [0.29, 0.717) is 16.1 Å². The predicted octanol–water partition coefficient (Wildman–Crippen LogP) is 3.11. The molecule has 2 aromatic carbocycles. The number of aromatic hydroxyl groups is 1. The molecule has 1 aliphatic rings. The third-order valence-electron chi connectivity index (χ3n) is 4.31. The highest BCUT2D eigenvalue weighted by molar-refractivity contribution is 6.46. The first kappa shape index (κ1) is 17.8. The molecule has 0 radical (unpaired) electrons. The number of hydrogen-bond donors (Lipinski definition) is 2. The molecule has 0 spiro atoms. The molecular formula is C19H16ClNO5. The molecule has 26 heavy (non-hydrogen) atoms. The molecule has 2 aromatic rings. The maximum absolute atomic E-state index is 12.5. The van der Waals surface area contributed by atoms with E-state index in [1.54, 1.807) is 30.3 Å². The Kier molecular flexibility index (Phi) is 4.61. The number of amides is 1. The number of phenolic OH excluding ortho intramolecular Hbond substituents is 1. The smallest absolute Gasteiger partial charge is 0.295 e. The van der Waals surface area contributed by atoms with Crippen molar-refractivity contribution in [3.05, 3.63) is 64.2 Å². The van der Waals surface area contributed by atoms with E-state index in [-0.39, 0.29) is 22.8 Å². The van der Waals surface area contributed by atoms with Crippen molar-refractivity contribution in [3.63, 3.8) is 0 Å². The summed E-state index contributed by atoms with van der Waals surface area (Å²) in [6, 6.07) is 9.99. The van der Waals surface area contributed by atoms with E-state index in [1.807, 2.05) is 0 Å². The van der Waals surface area contributed by atoms with Crippen LogP contribution in [0.5, 0.6) is 11.5 Å². The number of phenols is 1. The normalized spacial score (nSPS) is 19.0. The summed E-state index contributed by atoms with van der Waals surface area (Å²) < 4.78 is 5.10. The van der Waals surface area contributed by atoms with E-state index in [1.165, 1.54) is 31.2 Å². The van der Waals surface area contributed by atoms with Crippen molar-refractivity contribution in [2.24, 2.45) is 0 Å². The molecule has 0 saturated carbocycles. The van der Waals surface area contributed by atoms with E-state index in [0.717, 1.165) is 0 Å². The molecule has 0 unspecified atom stereocenters. The number of likely N-dealkylation sites (tertiary alicyclic amines) is 1. The van der Waals surface area contributed by atoms with Crippen LogP contribution in [0.4, 0.5) is 0 Å². The monoisotopic (exact) mass is 373 g/mol. The number of methoxy groups -OCH3 is 1. The lowest BCUT2D eigenvalue weighted by molar-refractivity contribution is -0.139. The molecule has 1 amide bonds. The predicted molar refractivity (Wildman–Crippen MR) is 96.2 cm³/mol.